The molecule has 0 saturated carbocycles. The van der Waals surface area contributed by atoms with Gasteiger partial charge in [0.2, 0.25) is 0 Å². The number of nitrogens with one attached hydrogen (secondary N) is 1. The number of nitrogens with zero attached hydrogens (tertiary/aromatic N) is 2. The van der Waals surface area contributed by atoms with Crippen LogP contribution in [-0.2, 0) is 6.54 Å². The van der Waals surface area contributed by atoms with E-state index in [1.807, 2.05) is 4.68 Å². The molecule has 1 N–H and O–H groups in total. The summed E-state index contributed by atoms with van der Waals surface area (Å²) in [7, 11) is 0. The Kier molecular flexibility index (Phi) is 3.99. The molecule has 1 aromatic rings. The molecule has 0 aromatic carbocycles. The van der Waals surface area contributed by atoms with Crippen molar-refractivity contribution in [2.75, 3.05) is 13.1 Å². The van der Waals surface area contributed by atoms with Gasteiger partial charge in [-0.1, -0.05) is 13.3 Å². The van der Waals surface area contributed by atoms with E-state index >= 15 is 0 Å². The fourth-order valence-electron chi connectivity index (χ4n) is 2.78. The minimum absolute atomic E-state index is 0.724. The van der Waals surface area contributed by atoms with Gasteiger partial charge in [0.05, 0.1) is 6.20 Å². The minimum atomic E-state index is 0.724. The Morgan fingerprint density at radius 3 is 3.06 bits per heavy atom. The molecule has 2 unspecified atom stereocenters. The molecule has 0 bridgehead atoms. The van der Waals surface area contributed by atoms with Crippen LogP contribution in [0.25, 0.3) is 0 Å². The van der Waals surface area contributed by atoms with Crippen molar-refractivity contribution >= 4 is 0 Å². The van der Waals surface area contributed by atoms with Crippen molar-refractivity contribution in [1.82, 2.24) is 15.1 Å². The Hall–Kier alpha value is -0.830. The molecule has 0 spiro atoms. The van der Waals surface area contributed by atoms with Crippen LogP contribution < -0.4 is 5.32 Å². The number of aryl methyl sites for hydroxylation is 1. The highest BCUT2D eigenvalue weighted by Crippen LogP contribution is 2.32. The van der Waals surface area contributed by atoms with Gasteiger partial charge in [0, 0.05) is 12.7 Å². The number of piperidine rings is 1. The maximum atomic E-state index is 4.40. The van der Waals surface area contributed by atoms with Crippen LogP contribution in [-0.4, -0.2) is 22.9 Å². The van der Waals surface area contributed by atoms with Crippen molar-refractivity contribution < 1.29 is 0 Å². The normalized spacial score (nSPS) is 25.9. The van der Waals surface area contributed by atoms with Crippen molar-refractivity contribution in [2.24, 2.45) is 5.92 Å². The fourth-order valence-corrected chi connectivity index (χ4v) is 2.78. The molecular weight excluding hydrogens is 198 g/mol. The molecule has 16 heavy (non-hydrogen) atoms. The largest absolute Gasteiger partial charge is 0.316 e. The number of hydrogen-bond donors (Lipinski definition) is 1. The number of aromatic nitrogens is 2. The summed E-state index contributed by atoms with van der Waals surface area (Å²) in [6.45, 7) is 7.73. The first kappa shape index (κ1) is 11.6. The van der Waals surface area contributed by atoms with Crippen molar-refractivity contribution in [3.05, 3.63) is 18.0 Å². The second kappa shape index (κ2) is 5.48. The zero-order chi connectivity index (χ0) is 11.4. The summed E-state index contributed by atoms with van der Waals surface area (Å²) in [4.78, 5) is 0. The van der Waals surface area contributed by atoms with E-state index in [1.165, 1.54) is 31.4 Å². The molecule has 0 aliphatic carbocycles. The van der Waals surface area contributed by atoms with E-state index in [9.17, 15) is 0 Å². The smallest absolute Gasteiger partial charge is 0.0524 e. The third-order valence-electron chi connectivity index (χ3n) is 3.67. The van der Waals surface area contributed by atoms with Crippen LogP contribution in [0.1, 0.15) is 44.6 Å². The van der Waals surface area contributed by atoms with Gasteiger partial charge >= 0.3 is 0 Å². The van der Waals surface area contributed by atoms with E-state index in [0.29, 0.717) is 0 Å². The molecule has 2 heterocycles. The van der Waals surface area contributed by atoms with Crippen LogP contribution in [0.15, 0.2) is 12.4 Å². The summed E-state index contributed by atoms with van der Waals surface area (Å²) in [6.07, 6.45) is 8.18. The molecular formula is C13H23N3. The van der Waals surface area contributed by atoms with E-state index in [1.54, 1.807) is 0 Å². The molecule has 1 aromatic heterocycles. The molecule has 1 fully saturated rings. The highest BCUT2D eigenvalue weighted by molar-refractivity contribution is 5.14. The molecule has 0 radical (unpaired) electrons. The number of hydrogen-bond acceptors (Lipinski definition) is 2. The molecule has 3 heteroatoms. The van der Waals surface area contributed by atoms with Gasteiger partial charge in [-0.15, -0.1) is 0 Å². The predicted octanol–water partition coefficient (Wildman–Crippen LogP) is 2.40. The maximum absolute atomic E-state index is 4.40. The maximum Gasteiger partial charge on any atom is 0.0524 e. The van der Waals surface area contributed by atoms with Crippen LogP contribution in [0.3, 0.4) is 0 Å². The minimum Gasteiger partial charge on any atom is -0.316 e. The van der Waals surface area contributed by atoms with E-state index in [2.05, 4.69) is 36.7 Å². The van der Waals surface area contributed by atoms with Crippen LogP contribution in [0.4, 0.5) is 0 Å². The van der Waals surface area contributed by atoms with Gasteiger partial charge in [-0.05, 0) is 50.3 Å². The highest BCUT2D eigenvalue weighted by Gasteiger charge is 2.26. The molecule has 90 valence electrons. The average Bonchev–Trinajstić information content (AvgIpc) is 2.79. The standard InChI is InChI=1S/C13H23N3/c1-3-5-11-8-14-7-6-13(11)12-9-15-16(4-2)10-12/h9-11,13-14H,3-8H2,1-2H3. The first-order chi connectivity index (χ1) is 7.85. The number of rotatable bonds is 4. The molecule has 0 amide bonds. The van der Waals surface area contributed by atoms with Gasteiger partial charge in [0.15, 0.2) is 0 Å². The Bertz CT molecular complexity index is 317. The first-order valence-electron chi connectivity index (χ1n) is 6.58. The Morgan fingerprint density at radius 2 is 2.38 bits per heavy atom. The molecule has 3 nitrogen and oxygen atoms in total. The summed E-state index contributed by atoms with van der Waals surface area (Å²) in [6, 6.07) is 0. The van der Waals surface area contributed by atoms with Crippen LogP contribution in [0.2, 0.25) is 0 Å². The molecule has 2 rings (SSSR count). The van der Waals surface area contributed by atoms with E-state index in [4.69, 9.17) is 0 Å². The lowest BCUT2D eigenvalue weighted by Crippen LogP contribution is -2.35. The Balaban J connectivity index is 2.09. The Morgan fingerprint density at radius 1 is 1.50 bits per heavy atom. The molecule has 1 aliphatic rings. The molecule has 1 saturated heterocycles. The lowest BCUT2D eigenvalue weighted by molar-refractivity contribution is 0.306. The lowest BCUT2D eigenvalue weighted by atomic mass is 9.80. The average molecular weight is 221 g/mol. The summed E-state index contributed by atoms with van der Waals surface area (Å²) in [5.41, 5.74) is 1.45. The highest BCUT2D eigenvalue weighted by atomic mass is 15.3. The van der Waals surface area contributed by atoms with Crippen LogP contribution in [0, 0.1) is 5.92 Å². The van der Waals surface area contributed by atoms with Crippen LogP contribution >= 0.6 is 0 Å². The quantitative estimate of drug-likeness (QED) is 0.846. The van der Waals surface area contributed by atoms with Gasteiger partial charge in [-0.25, -0.2) is 0 Å². The van der Waals surface area contributed by atoms with Gasteiger partial charge in [0.25, 0.3) is 0 Å². The van der Waals surface area contributed by atoms with Crippen molar-refractivity contribution in [3.8, 4) is 0 Å². The van der Waals surface area contributed by atoms with Gasteiger partial charge < -0.3 is 5.32 Å². The lowest BCUT2D eigenvalue weighted by Gasteiger charge is -2.31. The zero-order valence-electron chi connectivity index (χ0n) is 10.4. The summed E-state index contributed by atoms with van der Waals surface area (Å²) in [5.74, 6) is 1.52. The third kappa shape index (κ3) is 2.46. The van der Waals surface area contributed by atoms with E-state index < -0.39 is 0 Å². The second-order valence-corrected chi connectivity index (χ2v) is 4.78. The predicted molar refractivity (Wildman–Crippen MR) is 66.5 cm³/mol. The zero-order valence-corrected chi connectivity index (χ0v) is 10.4. The molecule has 2 atom stereocenters. The van der Waals surface area contributed by atoms with Gasteiger partial charge in [0.1, 0.15) is 0 Å². The van der Waals surface area contributed by atoms with Crippen molar-refractivity contribution in [3.63, 3.8) is 0 Å². The second-order valence-electron chi connectivity index (χ2n) is 4.78. The molecule has 1 aliphatic heterocycles. The summed E-state index contributed by atoms with van der Waals surface area (Å²) < 4.78 is 2.04. The van der Waals surface area contributed by atoms with Gasteiger partial charge in [-0.3, -0.25) is 4.68 Å². The van der Waals surface area contributed by atoms with E-state index in [-0.39, 0.29) is 0 Å². The topological polar surface area (TPSA) is 29.9 Å². The fraction of sp³-hybridized carbons (Fsp3) is 0.769. The van der Waals surface area contributed by atoms with Crippen molar-refractivity contribution in [2.45, 2.75) is 45.6 Å². The summed E-state index contributed by atoms with van der Waals surface area (Å²) in [5, 5.41) is 7.91. The SMILES string of the molecule is CCCC1CNCCC1c1cnn(CC)c1. The third-order valence-corrected chi connectivity index (χ3v) is 3.67. The summed E-state index contributed by atoms with van der Waals surface area (Å²) >= 11 is 0. The monoisotopic (exact) mass is 221 g/mol. The van der Waals surface area contributed by atoms with Gasteiger partial charge in [-0.2, -0.15) is 5.10 Å². The Labute approximate surface area is 98.2 Å². The first-order valence-corrected chi connectivity index (χ1v) is 6.58. The van der Waals surface area contributed by atoms with Crippen LogP contribution in [0.5, 0.6) is 0 Å². The van der Waals surface area contributed by atoms with E-state index in [0.717, 1.165) is 24.9 Å². The van der Waals surface area contributed by atoms with Crippen molar-refractivity contribution in [1.29, 1.82) is 0 Å².